The Bertz CT molecular complexity index is 405. The van der Waals surface area contributed by atoms with E-state index in [4.69, 9.17) is 0 Å². The molecule has 1 aromatic rings. The van der Waals surface area contributed by atoms with Crippen LogP contribution >= 0.6 is 0 Å². The lowest BCUT2D eigenvalue weighted by molar-refractivity contribution is 0.601. The van der Waals surface area contributed by atoms with Gasteiger partial charge in [0.1, 0.15) is 0 Å². The highest BCUT2D eigenvalue weighted by molar-refractivity contribution is 7.94. The van der Waals surface area contributed by atoms with E-state index in [2.05, 4.69) is 0 Å². The van der Waals surface area contributed by atoms with Crippen molar-refractivity contribution in [1.82, 2.24) is 0 Å². The van der Waals surface area contributed by atoms with Crippen LogP contribution in [-0.4, -0.2) is 14.2 Å². The first kappa shape index (κ1) is 12.0. The van der Waals surface area contributed by atoms with Gasteiger partial charge in [0.05, 0.1) is 5.75 Å². The molecule has 0 aliphatic carbocycles. The van der Waals surface area contributed by atoms with Crippen LogP contribution in [0.3, 0.4) is 0 Å². The van der Waals surface area contributed by atoms with Crippen molar-refractivity contribution < 1.29 is 8.42 Å². The maximum absolute atomic E-state index is 11.5. The molecule has 1 rings (SSSR count). The molecule has 0 N–H and O–H groups in total. The molecule has 15 heavy (non-hydrogen) atoms. The van der Waals surface area contributed by atoms with E-state index in [1.54, 1.807) is 6.08 Å². The van der Waals surface area contributed by atoms with Gasteiger partial charge in [-0.25, -0.2) is 8.42 Å². The predicted molar refractivity (Wildman–Crippen MR) is 64.2 cm³/mol. The van der Waals surface area contributed by atoms with Crippen molar-refractivity contribution in [2.24, 2.45) is 0 Å². The fourth-order valence-corrected chi connectivity index (χ4v) is 2.35. The number of hydrogen-bond acceptors (Lipinski definition) is 2. The zero-order valence-electron chi connectivity index (χ0n) is 8.89. The summed E-state index contributed by atoms with van der Waals surface area (Å²) in [7, 11) is -3.02. The second-order valence-electron chi connectivity index (χ2n) is 3.43. The third kappa shape index (κ3) is 4.79. The van der Waals surface area contributed by atoms with Crippen LogP contribution in [0.2, 0.25) is 0 Å². The van der Waals surface area contributed by atoms with Crippen LogP contribution in [-0.2, 0) is 9.84 Å². The quantitative estimate of drug-likeness (QED) is 0.770. The van der Waals surface area contributed by atoms with E-state index in [1.165, 1.54) is 5.41 Å². The molecule has 0 fully saturated rings. The Morgan fingerprint density at radius 1 is 1.20 bits per heavy atom. The van der Waals surface area contributed by atoms with Gasteiger partial charge in [-0.2, -0.15) is 0 Å². The summed E-state index contributed by atoms with van der Waals surface area (Å²) in [5.41, 5.74) is 0.914. The number of hydrogen-bond donors (Lipinski definition) is 0. The van der Waals surface area contributed by atoms with Crippen molar-refractivity contribution in [2.45, 2.75) is 19.8 Å². The molecule has 0 aromatic heterocycles. The molecule has 3 heteroatoms. The molecule has 0 saturated carbocycles. The van der Waals surface area contributed by atoms with E-state index >= 15 is 0 Å². The molecule has 0 atom stereocenters. The van der Waals surface area contributed by atoms with Crippen LogP contribution in [0.15, 0.2) is 35.7 Å². The first-order valence-electron chi connectivity index (χ1n) is 5.10. The summed E-state index contributed by atoms with van der Waals surface area (Å²) in [5.74, 6) is 0.243. The molecule has 0 radical (unpaired) electrons. The lowest BCUT2D eigenvalue weighted by Crippen LogP contribution is -2.00. The van der Waals surface area contributed by atoms with Crippen LogP contribution in [0.1, 0.15) is 25.3 Å². The monoisotopic (exact) mass is 224 g/mol. The summed E-state index contributed by atoms with van der Waals surface area (Å²) in [4.78, 5) is 0. The van der Waals surface area contributed by atoms with Crippen molar-refractivity contribution in [1.29, 1.82) is 0 Å². The normalized spacial score (nSPS) is 12.1. The molecular weight excluding hydrogens is 208 g/mol. The molecule has 0 unspecified atom stereocenters. The second kappa shape index (κ2) is 5.71. The van der Waals surface area contributed by atoms with Gasteiger partial charge in [0.25, 0.3) is 0 Å². The fraction of sp³-hybridized carbons (Fsp3) is 0.333. The van der Waals surface area contributed by atoms with Gasteiger partial charge in [-0.1, -0.05) is 43.7 Å². The highest BCUT2D eigenvalue weighted by atomic mass is 32.2. The van der Waals surface area contributed by atoms with Crippen molar-refractivity contribution in [3.8, 4) is 0 Å². The lowest BCUT2D eigenvalue weighted by atomic mass is 10.2. The average molecular weight is 224 g/mol. The van der Waals surface area contributed by atoms with Crippen molar-refractivity contribution in [2.75, 3.05) is 5.75 Å². The van der Waals surface area contributed by atoms with Gasteiger partial charge in [-0.15, -0.1) is 0 Å². The van der Waals surface area contributed by atoms with Crippen molar-refractivity contribution in [3.63, 3.8) is 0 Å². The molecule has 2 nitrogen and oxygen atoms in total. The minimum atomic E-state index is -3.02. The largest absolute Gasteiger partial charge is 0.224 e. The van der Waals surface area contributed by atoms with Gasteiger partial charge in [0.15, 0.2) is 9.84 Å². The van der Waals surface area contributed by atoms with Crippen LogP contribution < -0.4 is 0 Å². The van der Waals surface area contributed by atoms with Crippen LogP contribution in [0.5, 0.6) is 0 Å². The van der Waals surface area contributed by atoms with Crippen molar-refractivity contribution >= 4 is 15.9 Å². The second-order valence-corrected chi connectivity index (χ2v) is 5.44. The van der Waals surface area contributed by atoms with E-state index in [0.717, 1.165) is 18.4 Å². The Labute approximate surface area is 91.6 Å². The zero-order chi connectivity index (χ0) is 11.1. The van der Waals surface area contributed by atoms with Gasteiger partial charge in [0, 0.05) is 5.41 Å². The van der Waals surface area contributed by atoms with E-state index in [-0.39, 0.29) is 5.75 Å². The highest BCUT2D eigenvalue weighted by Gasteiger charge is 2.03. The molecule has 0 aliphatic heterocycles. The molecule has 82 valence electrons. The van der Waals surface area contributed by atoms with Gasteiger partial charge in [0.2, 0.25) is 0 Å². The standard InChI is InChI=1S/C12H16O2S/c1-2-3-10-15(13,14)11-9-12-7-5-4-6-8-12/h4-9,11H,2-3,10H2,1H3. The molecule has 0 saturated heterocycles. The van der Waals surface area contributed by atoms with Crippen LogP contribution in [0.4, 0.5) is 0 Å². The van der Waals surface area contributed by atoms with E-state index in [9.17, 15) is 8.42 Å². The number of rotatable bonds is 5. The molecule has 0 aliphatic rings. The summed E-state index contributed by atoms with van der Waals surface area (Å²) in [5, 5.41) is 1.30. The SMILES string of the molecule is CCCCS(=O)(=O)C=Cc1ccccc1. The van der Waals surface area contributed by atoms with E-state index in [0.29, 0.717) is 0 Å². The molecule has 0 heterocycles. The lowest BCUT2D eigenvalue weighted by Gasteiger charge is -1.96. The van der Waals surface area contributed by atoms with E-state index in [1.807, 2.05) is 37.3 Å². The van der Waals surface area contributed by atoms with Gasteiger partial charge in [-0.05, 0) is 18.1 Å². The first-order chi connectivity index (χ1) is 7.14. The van der Waals surface area contributed by atoms with Gasteiger partial charge >= 0.3 is 0 Å². The molecule has 0 bridgehead atoms. The average Bonchev–Trinajstić information content (AvgIpc) is 2.25. The summed E-state index contributed by atoms with van der Waals surface area (Å²) in [6.45, 7) is 1.98. The maximum Gasteiger partial charge on any atom is 0.171 e. The smallest absolute Gasteiger partial charge is 0.171 e. The maximum atomic E-state index is 11.5. The Morgan fingerprint density at radius 3 is 2.47 bits per heavy atom. The van der Waals surface area contributed by atoms with Gasteiger partial charge < -0.3 is 0 Å². The summed E-state index contributed by atoms with van der Waals surface area (Å²) in [6, 6.07) is 9.44. The fourth-order valence-electron chi connectivity index (χ4n) is 1.16. The van der Waals surface area contributed by atoms with Crippen LogP contribution in [0.25, 0.3) is 6.08 Å². The van der Waals surface area contributed by atoms with Gasteiger partial charge in [-0.3, -0.25) is 0 Å². The predicted octanol–water partition coefficient (Wildman–Crippen LogP) is 2.87. The number of unbranched alkanes of at least 4 members (excludes halogenated alkanes) is 1. The molecule has 1 aromatic carbocycles. The Balaban J connectivity index is 2.65. The Hall–Kier alpha value is -1.09. The van der Waals surface area contributed by atoms with Crippen LogP contribution in [0, 0.1) is 0 Å². The third-order valence-corrected chi connectivity index (χ3v) is 3.46. The van der Waals surface area contributed by atoms with Crippen molar-refractivity contribution in [3.05, 3.63) is 41.3 Å². The summed E-state index contributed by atoms with van der Waals surface area (Å²) < 4.78 is 23.0. The Kier molecular flexibility index (Phi) is 4.56. The number of benzene rings is 1. The zero-order valence-corrected chi connectivity index (χ0v) is 9.70. The minimum absolute atomic E-state index is 0.243. The minimum Gasteiger partial charge on any atom is -0.224 e. The first-order valence-corrected chi connectivity index (χ1v) is 6.81. The topological polar surface area (TPSA) is 34.1 Å². The highest BCUT2D eigenvalue weighted by Crippen LogP contribution is 2.05. The molecule has 0 spiro atoms. The summed E-state index contributed by atoms with van der Waals surface area (Å²) >= 11 is 0. The molecular formula is C12H16O2S. The number of sulfone groups is 1. The summed E-state index contributed by atoms with van der Waals surface area (Å²) in [6.07, 6.45) is 3.27. The third-order valence-electron chi connectivity index (χ3n) is 2.05. The Morgan fingerprint density at radius 2 is 1.87 bits per heavy atom. The van der Waals surface area contributed by atoms with E-state index < -0.39 is 9.84 Å². The molecule has 0 amide bonds.